The van der Waals surface area contributed by atoms with Crippen LogP contribution in [-0.2, 0) is 10.8 Å². The minimum Gasteiger partial charge on any atom is -0.0619 e. The van der Waals surface area contributed by atoms with Crippen LogP contribution in [0.4, 0.5) is 0 Å². The van der Waals surface area contributed by atoms with Gasteiger partial charge in [0.2, 0.25) is 0 Å². The maximum Gasteiger partial charge on any atom is 0.0159 e. The van der Waals surface area contributed by atoms with Crippen molar-refractivity contribution in [1.29, 1.82) is 0 Å². The molecule has 0 heterocycles. The Kier molecular flexibility index (Phi) is 3.98. The largest absolute Gasteiger partial charge is 0.0619 e. The van der Waals surface area contributed by atoms with Gasteiger partial charge in [-0.05, 0) is 89.5 Å². The summed E-state index contributed by atoms with van der Waals surface area (Å²) in [5.41, 5.74) is 15.3. The van der Waals surface area contributed by atoms with Crippen molar-refractivity contribution in [2.45, 2.75) is 45.4 Å². The van der Waals surface area contributed by atoms with Crippen LogP contribution in [0.25, 0.3) is 55.3 Å². The molecule has 0 spiro atoms. The molecule has 0 bridgehead atoms. The Bertz CT molecular complexity index is 1690. The first-order valence-corrected chi connectivity index (χ1v) is 12.7. The van der Waals surface area contributed by atoms with Crippen molar-refractivity contribution < 1.29 is 0 Å². The first kappa shape index (κ1) is 20.7. The summed E-state index contributed by atoms with van der Waals surface area (Å²) in [4.78, 5) is 0. The van der Waals surface area contributed by atoms with Crippen molar-refractivity contribution in [3.8, 4) is 44.5 Å². The van der Waals surface area contributed by atoms with E-state index in [9.17, 15) is 0 Å². The molecule has 0 atom stereocenters. The lowest BCUT2D eigenvalue weighted by atomic mass is 9.81. The zero-order valence-electron chi connectivity index (χ0n) is 21.2. The molecule has 0 nitrogen and oxygen atoms in total. The SMILES string of the molecule is CC(C)(C)c1ccc2c(c1)-c1ccc(-c3ccc4c(c3)C(C)(C)c3ccccc3-4)c3cccc-2c13. The van der Waals surface area contributed by atoms with Crippen LogP contribution < -0.4 is 0 Å². The van der Waals surface area contributed by atoms with E-state index in [2.05, 4.69) is 126 Å². The van der Waals surface area contributed by atoms with E-state index >= 15 is 0 Å². The minimum atomic E-state index is 0.0103. The van der Waals surface area contributed by atoms with E-state index in [1.807, 2.05) is 0 Å². The molecule has 0 aromatic heterocycles. The van der Waals surface area contributed by atoms with Gasteiger partial charge >= 0.3 is 0 Å². The second-order valence-corrected chi connectivity index (χ2v) is 11.8. The van der Waals surface area contributed by atoms with E-state index in [0.717, 1.165) is 0 Å². The molecular weight excluding hydrogens is 420 g/mol. The first-order valence-electron chi connectivity index (χ1n) is 12.7. The highest BCUT2D eigenvalue weighted by Gasteiger charge is 2.35. The average molecular weight is 451 g/mol. The van der Waals surface area contributed by atoms with Crippen LogP contribution >= 0.6 is 0 Å². The van der Waals surface area contributed by atoms with Gasteiger partial charge < -0.3 is 0 Å². The van der Waals surface area contributed by atoms with E-state index in [-0.39, 0.29) is 10.8 Å². The number of rotatable bonds is 1. The summed E-state index contributed by atoms with van der Waals surface area (Å²) in [7, 11) is 0. The van der Waals surface area contributed by atoms with Crippen LogP contribution in [0.5, 0.6) is 0 Å². The molecule has 0 heteroatoms. The summed E-state index contributed by atoms with van der Waals surface area (Å²) in [6, 6.07) is 34.6. The molecule has 0 amide bonds. The number of benzene rings is 5. The summed E-state index contributed by atoms with van der Waals surface area (Å²) < 4.78 is 0. The Labute approximate surface area is 208 Å². The fraction of sp³-hybridized carbons (Fsp3) is 0.200. The lowest BCUT2D eigenvalue weighted by Gasteiger charge is -2.22. The van der Waals surface area contributed by atoms with Gasteiger partial charge in [0.1, 0.15) is 0 Å². The van der Waals surface area contributed by atoms with Crippen molar-refractivity contribution >= 4 is 10.8 Å². The van der Waals surface area contributed by atoms with Gasteiger partial charge in [-0.15, -0.1) is 0 Å². The van der Waals surface area contributed by atoms with Gasteiger partial charge in [-0.1, -0.05) is 113 Å². The van der Waals surface area contributed by atoms with Crippen LogP contribution in [0, 0.1) is 0 Å². The topological polar surface area (TPSA) is 0 Å². The van der Waals surface area contributed by atoms with E-state index in [4.69, 9.17) is 0 Å². The molecule has 7 rings (SSSR count). The van der Waals surface area contributed by atoms with Crippen LogP contribution in [-0.4, -0.2) is 0 Å². The molecule has 35 heavy (non-hydrogen) atoms. The maximum absolute atomic E-state index is 2.44. The second kappa shape index (κ2) is 6.73. The third-order valence-electron chi connectivity index (χ3n) is 8.40. The molecule has 0 unspecified atom stereocenters. The lowest BCUT2D eigenvalue weighted by molar-refractivity contribution is 0.590. The monoisotopic (exact) mass is 450 g/mol. The highest BCUT2D eigenvalue weighted by atomic mass is 14.4. The Balaban J connectivity index is 1.43. The van der Waals surface area contributed by atoms with Gasteiger partial charge in [0.15, 0.2) is 0 Å². The fourth-order valence-electron chi connectivity index (χ4n) is 6.45. The summed E-state index contributed by atoms with van der Waals surface area (Å²) >= 11 is 0. The first-order chi connectivity index (χ1) is 16.7. The fourth-order valence-corrected chi connectivity index (χ4v) is 6.45. The third-order valence-corrected chi connectivity index (χ3v) is 8.40. The smallest absolute Gasteiger partial charge is 0.0159 e. The molecule has 5 aromatic carbocycles. The minimum absolute atomic E-state index is 0.0103. The summed E-state index contributed by atoms with van der Waals surface area (Å²) in [5.74, 6) is 0. The standard InChI is InChI=1S/C35H30/c1-34(2,3)22-14-16-24-28-11-8-10-27-23(17-18-29(33(27)28)30(24)20-22)21-13-15-26-25-9-6-7-12-31(25)35(4,5)32(26)19-21/h6-20H,1-5H3. The molecule has 0 N–H and O–H groups in total. The van der Waals surface area contributed by atoms with Gasteiger partial charge in [0.25, 0.3) is 0 Å². The average Bonchev–Trinajstić information content (AvgIpc) is 3.29. The maximum atomic E-state index is 2.44. The molecule has 170 valence electrons. The zero-order chi connectivity index (χ0) is 24.1. The summed E-state index contributed by atoms with van der Waals surface area (Å²) in [5, 5.41) is 2.75. The highest BCUT2D eigenvalue weighted by molar-refractivity contribution is 6.18. The Morgan fingerprint density at radius 1 is 0.514 bits per heavy atom. The normalized spacial score (nSPS) is 14.7. The van der Waals surface area contributed by atoms with Gasteiger partial charge in [-0.3, -0.25) is 0 Å². The molecule has 2 aliphatic carbocycles. The third kappa shape index (κ3) is 2.74. The zero-order valence-corrected chi connectivity index (χ0v) is 21.2. The van der Waals surface area contributed by atoms with Gasteiger partial charge in [-0.2, -0.15) is 0 Å². The predicted octanol–water partition coefficient (Wildman–Crippen LogP) is 9.76. The predicted molar refractivity (Wildman–Crippen MR) is 150 cm³/mol. The Hall–Kier alpha value is -3.64. The molecule has 0 saturated carbocycles. The molecule has 0 saturated heterocycles. The Morgan fingerprint density at radius 3 is 2.00 bits per heavy atom. The highest BCUT2D eigenvalue weighted by Crippen LogP contribution is 2.52. The summed E-state index contributed by atoms with van der Waals surface area (Å²) in [6.07, 6.45) is 0. The van der Waals surface area contributed by atoms with E-state index in [1.54, 1.807) is 0 Å². The molecule has 0 aliphatic heterocycles. The van der Waals surface area contributed by atoms with Crippen molar-refractivity contribution in [2.75, 3.05) is 0 Å². The van der Waals surface area contributed by atoms with E-state index < -0.39 is 0 Å². The molecule has 0 fully saturated rings. The van der Waals surface area contributed by atoms with E-state index in [1.165, 1.54) is 72.0 Å². The molecular formula is C35H30. The second-order valence-electron chi connectivity index (χ2n) is 11.8. The van der Waals surface area contributed by atoms with Crippen LogP contribution in [0.3, 0.4) is 0 Å². The van der Waals surface area contributed by atoms with Crippen molar-refractivity contribution in [3.05, 3.63) is 108 Å². The number of fused-ring (bicyclic) bond motifs is 6. The van der Waals surface area contributed by atoms with Crippen LogP contribution in [0.2, 0.25) is 0 Å². The quantitative estimate of drug-likeness (QED) is 0.234. The number of hydrogen-bond acceptors (Lipinski definition) is 0. The molecule has 5 aromatic rings. The van der Waals surface area contributed by atoms with E-state index in [0.29, 0.717) is 0 Å². The van der Waals surface area contributed by atoms with Crippen LogP contribution in [0.15, 0.2) is 91.0 Å². The Morgan fingerprint density at radius 2 is 1.17 bits per heavy atom. The van der Waals surface area contributed by atoms with Gasteiger partial charge in [0, 0.05) is 5.41 Å². The van der Waals surface area contributed by atoms with Gasteiger partial charge in [0.05, 0.1) is 0 Å². The van der Waals surface area contributed by atoms with Crippen molar-refractivity contribution in [1.82, 2.24) is 0 Å². The lowest BCUT2D eigenvalue weighted by Crippen LogP contribution is -2.14. The molecule has 0 radical (unpaired) electrons. The van der Waals surface area contributed by atoms with Crippen molar-refractivity contribution in [3.63, 3.8) is 0 Å². The molecule has 2 aliphatic rings. The van der Waals surface area contributed by atoms with Crippen LogP contribution in [0.1, 0.15) is 51.3 Å². The summed E-state index contributed by atoms with van der Waals surface area (Å²) in [6.45, 7) is 11.6. The number of hydrogen-bond donors (Lipinski definition) is 0. The van der Waals surface area contributed by atoms with Gasteiger partial charge in [-0.25, -0.2) is 0 Å². The van der Waals surface area contributed by atoms with Crippen molar-refractivity contribution in [2.24, 2.45) is 0 Å².